The molecular formula is C17H28N2. The van der Waals surface area contributed by atoms with E-state index in [0.29, 0.717) is 6.04 Å². The lowest BCUT2D eigenvalue weighted by molar-refractivity contribution is 0.211. The molecule has 1 atom stereocenters. The van der Waals surface area contributed by atoms with Gasteiger partial charge in [-0.2, -0.15) is 0 Å². The zero-order chi connectivity index (χ0) is 14.3. The van der Waals surface area contributed by atoms with Crippen molar-refractivity contribution in [1.82, 2.24) is 10.2 Å². The Hall–Kier alpha value is -1.12. The summed E-state index contributed by atoms with van der Waals surface area (Å²) in [5, 5.41) is 3.62. The van der Waals surface area contributed by atoms with Crippen LogP contribution >= 0.6 is 0 Å². The first-order valence-electron chi connectivity index (χ1n) is 7.13. The molecule has 0 saturated heterocycles. The summed E-state index contributed by atoms with van der Waals surface area (Å²) in [6.07, 6.45) is 1.98. The summed E-state index contributed by atoms with van der Waals surface area (Å²) in [4.78, 5) is 2.45. The van der Waals surface area contributed by atoms with Crippen molar-refractivity contribution in [3.05, 3.63) is 48.6 Å². The Morgan fingerprint density at radius 3 is 2.37 bits per heavy atom. The Balaban J connectivity index is 2.87. The summed E-state index contributed by atoms with van der Waals surface area (Å²) >= 11 is 0. The smallest absolute Gasteiger partial charge is 0.0476 e. The second-order valence-corrected chi connectivity index (χ2v) is 5.93. The van der Waals surface area contributed by atoms with Gasteiger partial charge < -0.3 is 5.32 Å². The fourth-order valence-corrected chi connectivity index (χ4v) is 2.18. The van der Waals surface area contributed by atoms with E-state index in [1.807, 2.05) is 6.08 Å². The van der Waals surface area contributed by atoms with Gasteiger partial charge in [-0.3, -0.25) is 4.90 Å². The molecule has 106 valence electrons. The molecule has 2 nitrogen and oxygen atoms in total. The molecule has 0 aliphatic heterocycles. The van der Waals surface area contributed by atoms with Crippen molar-refractivity contribution in [2.24, 2.45) is 0 Å². The number of benzene rings is 1. The first-order chi connectivity index (χ1) is 8.98. The third kappa shape index (κ3) is 5.58. The van der Waals surface area contributed by atoms with E-state index in [4.69, 9.17) is 0 Å². The van der Waals surface area contributed by atoms with Crippen molar-refractivity contribution in [1.29, 1.82) is 0 Å². The topological polar surface area (TPSA) is 15.3 Å². The molecule has 0 aromatic heterocycles. The first-order valence-corrected chi connectivity index (χ1v) is 7.13. The molecule has 1 aromatic rings. The van der Waals surface area contributed by atoms with Crippen LogP contribution in [0.2, 0.25) is 0 Å². The van der Waals surface area contributed by atoms with Gasteiger partial charge in [0.1, 0.15) is 0 Å². The Labute approximate surface area is 118 Å². The molecule has 0 bridgehead atoms. The van der Waals surface area contributed by atoms with Crippen LogP contribution in [0.4, 0.5) is 0 Å². The van der Waals surface area contributed by atoms with Crippen LogP contribution in [0, 0.1) is 0 Å². The van der Waals surface area contributed by atoms with E-state index in [1.54, 1.807) is 0 Å². The van der Waals surface area contributed by atoms with Gasteiger partial charge in [0.05, 0.1) is 0 Å². The third-order valence-electron chi connectivity index (χ3n) is 3.22. The predicted octanol–water partition coefficient (Wildman–Crippen LogP) is 3.62. The van der Waals surface area contributed by atoms with Crippen molar-refractivity contribution < 1.29 is 0 Å². The van der Waals surface area contributed by atoms with E-state index < -0.39 is 0 Å². The van der Waals surface area contributed by atoms with Gasteiger partial charge in [0.15, 0.2) is 0 Å². The minimum absolute atomic E-state index is 0.140. The van der Waals surface area contributed by atoms with E-state index in [2.05, 4.69) is 74.8 Å². The largest absolute Gasteiger partial charge is 0.310 e. The van der Waals surface area contributed by atoms with Crippen LogP contribution in [0.15, 0.2) is 43.0 Å². The van der Waals surface area contributed by atoms with Gasteiger partial charge >= 0.3 is 0 Å². The van der Waals surface area contributed by atoms with Gasteiger partial charge in [0, 0.05) is 24.7 Å². The molecule has 0 fully saturated rings. The molecule has 0 aliphatic rings. The van der Waals surface area contributed by atoms with Crippen molar-refractivity contribution >= 4 is 0 Å². The van der Waals surface area contributed by atoms with Crippen molar-refractivity contribution in [2.45, 2.75) is 39.3 Å². The maximum atomic E-state index is 3.87. The van der Waals surface area contributed by atoms with Gasteiger partial charge in [-0.05, 0) is 32.9 Å². The van der Waals surface area contributed by atoms with Crippen molar-refractivity contribution in [3.8, 4) is 0 Å². The van der Waals surface area contributed by atoms with Crippen molar-refractivity contribution in [3.63, 3.8) is 0 Å². The van der Waals surface area contributed by atoms with Crippen LogP contribution in [0.25, 0.3) is 0 Å². The number of hydrogen-bond acceptors (Lipinski definition) is 2. The lowest BCUT2D eigenvalue weighted by Crippen LogP contribution is -2.43. The minimum atomic E-state index is 0.140. The zero-order valence-corrected chi connectivity index (χ0v) is 12.8. The highest BCUT2D eigenvalue weighted by Gasteiger charge is 2.20. The Bertz CT molecular complexity index is 365. The number of rotatable bonds is 7. The fourth-order valence-electron chi connectivity index (χ4n) is 2.18. The maximum absolute atomic E-state index is 3.87. The lowest BCUT2D eigenvalue weighted by atomic mass is 10.0. The second-order valence-electron chi connectivity index (χ2n) is 5.93. The summed E-state index contributed by atoms with van der Waals surface area (Å²) < 4.78 is 0. The third-order valence-corrected chi connectivity index (χ3v) is 3.22. The fraction of sp³-hybridized carbons (Fsp3) is 0.529. The van der Waals surface area contributed by atoms with E-state index in [-0.39, 0.29) is 5.54 Å². The molecule has 0 aliphatic carbocycles. The Kier molecular flexibility index (Phi) is 6.26. The maximum Gasteiger partial charge on any atom is 0.0476 e. The summed E-state index contributed by atoms with van der Waals surface area (Å²) in [6.45, 7) is 15.6. The SMILES string of the molecule is C=CCN(CC)C(CNC(C)(C)C)c1ccccc1. The van der Waals surface area contributed by atoms with Crippen molar-refractivity contribution in [2.75, 3.05) is 19.6 Å². The molecule has 1 N–H and O–H groups in total. The van der Waals surface area contributed by atoms with Gasteiger partial charge in [-0.25, -0.2) is 0 Å². The molecule has 1 aromatic carbocycles. The average molecular weight is 260 g/mol. The average Bonchev–Trinajstić information content (AvgIpc) is 2.37. The normalized spacial score (nSPS) is 13.5. The van der Waals surface area contributed by atoms with Crippen LogP contribution in [0.3, 0.4) is 0 Å². The van der Waals surface area contributed by atoms with Crippen LogP contribution in [0.1, 0.15) is 39.3 Å². The van der Waals surface area contributed by atoms with Gasteiger partial charge in [-0.15, -0.1) is 6.58 Å². The minimum Gasteiger partial charge on any atom is -0.310 e. The molecule has 0 amide bonds. The summed E-state index contributed by atoms with van der Waals surface area (Å²) in [6, 6.07) is 11.1. The summed E-state index contributed by atoms with van der Waals surface area (Å²) in [7, 11) is 0. The van der Waals surface area contributed by atoms with E-state index >= 15 is 0 Å². The summed E-state index contributed by atoms with van der Waals surface area (Å²) in [5.41, 5.74) is 1.50. The van der Waals surface area contributed by atoms with E-state index in [0.717, 1.165) is 19.6 Å². The number of hydrogen-bond donors (Lipinski definition) is 1. The Morgan fingerprint density at radius 2 is 1.89 bits per heavy atom. The van der Waals surface area contributed by atoms with E-state index in [1.165, 1.54) is 5.56 Å². The molecule has 2 heteroatoms. The van der Waals surface area contributed by atoms with Gasteiger partial charge in [0.25, 0.3) is 0 Å². The lowest BCUT2D eigenvalue weighted by Gasteiger charge is -2.33. The van der Waals surface area contributed by atoms with Crippen LogP contribution in [-0.2, 0) is 0 Å². The monoisotopic (exact) mass is 260 g/mol. The molecule has 1 unspecified atom stereocenters. The molecular weight excluding hydrogens is 232 g/mol. The van der Waals surface area contributed by atoms with Crippen LogP contribution in [-0.4, -0.2) is 30.1 Å². The zero-order valence-electron chi connectivity index (χ0n) is 12.8. The first kappa shape index (κ1) is 15.9. The molecule has 0 radical (unpaired) electrons. The van der Waals surface area contributed by atoms with Gasteiger partial charge in [-0.1, -0.05) is 43.3 Å². The highest BCUT2D eigenvalue weighted by Crippen LogP contribution is 2.20. The van der Waals surface area contributed by atoms with Crippen LogP contribution in [0.5, 0.6) is 0 Å². The second kappa shape index (κ2) is 7.46. The number of nitrogens with zero attached hydrogens (tertiary/aromatic N) is 1. The van der Waals surface area contributed by atoms with Gasteiger partial charge in [0.2, 0.25) is 0 Å². The molecule has 0 heterocycles. The molecule has 0 spiro atoms. The Morgan fingerprint density at radius 1 is 1.26 bits per heavy atom. The molecule has 19 heavy (non-hydrogen) atoms. The standard InChI is InChI=1S/C17H28N2/c1-6-13-19(7-2)16(14-18-17(3,4)5)15-11-9-8-10-12-15/h6,8-12,16,18H,1,7,13-14H2,2-5H3. The summed E-state index contributed by atoms with van der Waals surface area (Å²) in [5.74, 6) is 0. The highest BCUT2D eigenvalue weighted by atomic mass is 15.2. The number of nitrogens with one attached hydrogen (secondary N) is 1. The molecule has 1 rings (SSSR count). The quantitative estimate of drug-likeness (QED) is 0.753. The van der Waals surface area contributed by atoms with E-state index in [9.17, 15) is 0 Å². The molecule has 0 saturated carbocycles. The highest BCUT2D eigenvalue weighted by molar-refractivity contribution is 5.19. The predicted molar refractivity (Wildman–Crippen MR) is 84.4 cm³/mol. The number of likely N-dealkylation sites (N-methyl/N-ethyl adjacent to an activating group) is 1. The van der Waals surface area contributed by atoms with Crippen LogP contribution < -0.4 is 5.32 Å².